The van der Waals surface area contributed by atoms with Crippen LogP contribution in [0, 0.1) is 0 Å². The lowest BCUT2D eigenvalue weighted by atomic mass is 10.2. The van der Waals surface area contributed by atoms with Crippen LogP contribution in [0.15, 0.2) is 36.8 Å². The molecule has 1 aliphatic heterocycles. The first kappa shape index (κ1) is 12.2. The summed E-state index contributed by atoms with van der Waals surface area (Å²) in [5, 5.41) is 0. The first-order chi connectivity index (χ1) is 9.25. The summed E-state index contributed by atoms with van der Waals surface area (Å²) in [4.78, 5) is 6.63. The third-order valence-electron chi connectivity index (χ3n) is 3.73. The molecule has 1 fully saturated rings. The van der Waals surface area contributed by atoms with Gasteiger partial charge in [-0.2, -0.15) is 0 Å². The van der Waals surface area contributed by atoms with Crippen LogP contribution in [0.3, 0.4) is 0 Å². The van der Waals surface area contributed by atoms with Crippen molar-refractivity contribution in [1.29, 1.82) is 0 Å². The van der Waals surface area contributed by atoms with Crippen molar-refractivity contribution in [2.24, 2.45) is 5.73 Å². The van der Waals surface area contributed by atoms with E-state index in [9.17, 15) is 0 Å². The monoisotopic (exact) mass is 256 g/mol. The predicted octanol–water partition coefficient (Wildman–Crippen LogP) is 2.49. The van der Waals surface area contributed by atoms with Crippen molar-refractivity contribution < 1.29 is 0 Å². The molecule has 1 aliphatic rings. The number of anilines is 1. The smallest absolute Gasteiger partial charge is 0.0994 e. The highest BCUT2D eigenvalue weighted by atomic mass is 15.1. The zero-order valence-corrected chi connectivity index (χ0v) is 11.3. The van der Waals surface area contributed by atoms with E-state index in [4.69, 9.17) is 5.73 Å². The van der Waals surface area contributed by atoms with Crippen molar-refractivity contribution in [2.75, 3.05) is 18.0 Å². The molecule has 0 spiro atoms. The third kappa shape index (κ3) is 2.36. The molecule has 0 bridgehead atoms. The molecule has 3 rings (SSSR count). The molecular weight excluding hydrogens is 236 g/mol. The highest BCUT2D eigenvalue weighted by molar-refractivity contribution is 5.51. The van der Waals surface area contributed by atoms with Gasteiger partial charge in [0, 0.05) is 30.5 Å². The maximum atomic E-state index is 5.96. The standard InChI is InChI=1S/C15H20N4/c1-12(16)15-10-17-11-19(15)14-6-4-13(5-7-14)18-8-2-3-9-18/h4-7,10-12H,2-3,8-9,16H2,1H3/t12-/m1/s1. The molecule has 0 saturated carbocycles. The summed E-state index contributed by atoms with van der Waals surface area (Å²) in [5.74, 6) is 0. The summed E-state index contributed by atoms with van der Waals surface area (Å²) in [6, 6.07) is 8.64. The number of hydrogen-bond donors (Lipinski definition) is 1. The second-order valence-corrected chi connectivity index (χ2v) is 5.19. The molecule has 0 aliphatic carbocycles. The molecule has 1 saturated heterocycles. The molecule has 1 atom stereocenters. The molecule has 1 aromatic heterocycles. The maximum Gasteiger partial charge on any atom is 0.0994 e. The average molecular weight is 256 g/mol. The van der Waals surface area contributed by atoms with E-state index in [0.29, 0.717) is 0 Å². The molecule has 100 valence electrons. The van der Waals surface area contributed by atoms with Gasteiger partial charge in [-0.1, -0.05) is 0 Å². The van der Waals surface area contributed by atoms with Crippen molar-refractivity contribution in [3.63, 3.8) is 0 Å². The van der Waals surface area contributed by atoms with E-state index in [-0.39, 0.29) is 6.04 Å². The Balaban J connectivity index is 1.87. The quantitative estimate of drug-likeness (QED) is 0.917. The van der Waals surface area contributed by atoms with Gasteiger partial charge in [0.2, 0.25) is 0 Å². The predicted molar refractivity (Wildman–Crippen MR) is 77.6 cm³/mol. The molecule has 19 heavy (non-hydrogen) atoms. The Hall–Kier alpha value is -1.81. The van der Waals surface area contributed by atoms with Crippen LogP contribution >= 0.6 is 0 Å². The van der Waals surface area contributed by atoms with Crippen LogP contribution in [0.1, 0.15) is 31.5 Å². The van der Waals surface area contributed by atoms with Gasteiger partial charge in [-0.15, -0.1) is 0 Å². The summed E-state index contributed by atoms with van der Waals surface area (Å²) in [5.41, 5.74) is 9.42. The van der Waals surface area contributed by atoms with Gasteiger partial charge in [0.1, 0.15) is 0 Å². The molecule has 2 N–H and O–H groups in total. The Bertz CT molecular complexity index is 536. The van der Waals surface area contributed by atoms with Crippen molar-refractivity contribution in [3.05, 3.63) is 42.5 Å². The highest BCUT2D eigenvalue weighted by Gasteiger charge is 2.13. The molecule has 2 heterocycles. The van der Waals surface area contributed by atoms with Gasteiger partial charge >= 0.3 is 0 Å². The van der Waals surface area contributed by atoms with E-state index < -0.39 is 0 Å². The Morgan fingerprint density at radius 3 is 2.37 bits per heavy atom. The Kier molecular flexibility index (Phi) is 3.25. The number of nitrogens with two attached hydrogens (primary N) is 1. The van der Waals surface area contributed by atoms with Crippen LogP contribution in [0.5, 0.6) is 0 Å². The first-order valence-corrected chi connectivity index (χ1v) is 6.89. The van der Waals surface area contributed by atoms with Gasteiger partial charge in [-0.05, 0) is 44.0 Å². The summed E-state index contributed by atoms with van der Waals surface area (Å²) < 4.78 is 2.05. The maximum absolute atomic E-state index is 5.96. The van der Waals surface area contributed by atoms with Gasteiger partial charge in [-0.25, -0.2) is 4.98 Å². The molecular formula is C15H20N4. The molecule has 4 nitrogen and oxygen atoms in total. The molecule has 0 unspecified atom stereocenters. The van der Waals surface area contributed by atoms with Crippen LogP contribution < -0.4 is 10.6 Å². The van der Waals surface area contributed by atoms with Crippen LogP contribution in [-0.2, 0) is 0 Å². The molecule has 1 aromatic carbocycles. The van der Waals surface area contributed by atoms with Gasteiger partial charge in [0.05, 0.1) is 18.2 Å². The first-order valence-electron chi connectivity index (χ1n) is 6.89. The molecule has 2 aromatic rings. The lowest BCUT2D eigenvalue weighted by Gasteiger charge is -2.18. The summed E-state index contributed by atoms with van der Waals surface area (Å²) in [7, 11) is 0. The van der Waals surface area contributed by atoms with Gasteiger partial charge in [0.25, 0.3) is 0 Å². The fourth-order valence-corrected chi connectivity index (χ4v) is 2.66. The minimum atomic E-state index is -0.0132. The molecule has 0 amide bonds. The number of imidazole rings is 1. The van der Waals surface area contributed by atoms with Gasteiger partial charge in [0.15, 0.2) is 0 Å². The molecule has 0 radical (unpaired) electrons. The van der Waals surface area contributed by atoms with E-state index in [0.717, 1.165) is 11.4 Å². The van der Waals surface area contributed by atoms with Crippen molar-refractivity contribution >= 4 is 5.69 Å². The van der Waals surface area contributed by atoms with E-state index in [1.165, 1.54) is 31.6 Å². The highest BCUT2D eigenvalue weighted by Crippen LogP contribution is 2.23. The largest absolute Gasteiger partial charge is 0.372 e. The summed E-state index contributed by atoms with van der Waals surface area (Å²) in [6.45, 7) is 4.33. The lowest BCUT2D eigenvalue weighted by molar-refractivity contribution is 0.752. The lowest BCUT2D eigenvalue weighted by Crippen LogP contribution is -2.17. The van der Waals surface area contributed by atoms with Crippen LogP contribution in [0.2, 0.25) is 0 Å². The van der Waals surface area contributed by atoms with Gasteiger partial charge in [-0.3, -0.25) is 0 Å². The van der Waals surface area contributed by atoms with Crippen LogP contribution in [-0.4, -0.2) is 22.6 Å². The summed E-state index contributed by atoms with van der Waals surface area (Å²) >= 11 is 0. The average Bonchev–Trinajstić information content (AvgIpc) is 3.10. The van der Waals surface area contributed by atoms with E-state index in [1.807, 2.05) is 19.4 Å². The Morgan fingerprint density at radius 2 is 1.74 bits per heavy atom. The minimum Gasteiger partial charge on any atom is -0.372 e. The number of aromatic nitrogens is 2. The van der Waals surface area contributed by atoms with Crippen LogP contribution in [0.4, 0.5) is 5.69 Å². The number of nitrogens with zero attached hydrogens (tertiary/aromatic N) is 3. The van der Waals surface area contributed by atoms with Gasteiger partial charge < -0.3 is 15.2 Å². The number of benzene rings is 1. The fourth-order valence-electron chi connectivity index (χ4n) is 2.66. The van der Waals surface area contributed by atoms with E-state index >= 15 is 0 Å². The van der Waals surface area contributed by atoms with Crippen molar-refractivity contribution in [2.45, 2.75) is 25.8 Å². The van der Waals surface area contributed by atoms with Crippen LogP contribution in [0.25, 0.3) is 5.69 Å². The second-order valence-electron chi connectivity index (χ2n) is 5.19. The molecule has 4 heteroatoms. The topological polar surface area (TPSA) is 47.1 Å². The van der Waals surface area contributed by atoms with E-state index in [2.05, 4.69) is 38.7 Å². The summed E-state index contributed by atoms with van der Waals surface area (Å²) in [6.07, 6.45) is 6.26. The normalized spacial score (nSPS) is 16.8. The minimum absolute atomic E-state index is 0.0132. The van der Waals surface area contributed by atoms with E-state index in [1.54, 1.807) is 0 Å². The third-order valence-corrected chi connectivity index (χ3v) is 3.73. The zero-order valence-electron chi connectivity index (χ0n) is 11.3. The number of rotatable bonds is 3. The van der Waals surface area contributed by atoms with Crippen molar-refractivity contribution in [3.8, 4) is 5.69 Å². The zero-order chi connectivity index (χ0) is 13.2. The Morgan fingerprint density at radius 1 is 1.11 bits per heavy atom. The second kappa shape index (κ2) is 5.05. The SMILES string of the molecule is C[C@@H](N)c1cncn1-c1ccc(N2CCCC2)cc1. The van der Waals surface area contributed by atoms with Crippen molar-refractivity contribution in [1.82, 2.24) is 9.55 Å². The number of hydrogen-bond acceptors (Lipinski definition) is 3. The fraction of sp³-hybridized carbons (Fsp3) is 0.400. The Labute approximate surface area is 113 Å².